The Balaban J connectivity index is 1.66. The van der Waals surface area contributed by atoms with Crippen LogP contribution >= 0.6 is 0 Å². The number of hydrogen-bond acceptors (Lipinski definition) is 6. The zero-order valence-electron chi connectivity index (χ0n) is 16.9. The summed E-state index contributed by atoms with van der Waals surface area (Å²) in [5, 5.41) is 4.07. The molecule has 29 heavy (non-hydrogen) atoms. The van der Waals surface area contributed by atoms with Crippen LogP contribution in [0, 0.1) is 25.7 Å². The van der Waals surface area contributed by atoms with Gasteiger partial charge in [-0.05, 0) is 51.0 Å². The number of aryl methyl sites for hydroxylation is 2. The molecule has 0 unspecified atom stereocenters. The van der Waals surface area contributed by atoms with E-state index in [9.17, 15) is 0 Å². The van der Waals surface area contributed by atoms with E-state index in [-0.39, 0.29) is 6.61 Å². The Morgan fingerprint density at radius 3 is 2.59 bits per heavy atom. The van der Waals surface area contributed by atoms with Gasteiger partial charge in [-0.3, -0.25) is 9.97 Å². The maximum absolute atomic E-state index is 5.31. The molecule has 0 fully saturated rings. The highest BCUT2D eigenvalue weighted by atomic mass is 16.6. The van der Waals surface area contributed by atoms with Crippen molar-refractivity contribution >= 4 is 5.71 Å². The lowest BCUT2D eigenvalue weighted by atomic mass is 10.2. The fraction of sp³-hybridized carbons (Fsp3) is 0.217. The molecule has 0 amide bonds. The molecule has 0 aliphatic rings. The van der Waals surface area contributed by atoms with Crippen LogP contribution in [-0.2, 0) is 4.84 Å². The topological polar surface area (TPSA) is 69.5 Å². The smallest absolute Gasteiger partial charge is 0.177 e. The van der Waals surface area contributed by atoms with Crippen molar-refractivity contribution in [3.63, 3.8) is 0 Å². The molecule has 3 rings (SSSR count). The maximum Gasteiger partial charge on any atom is 0.177 e. The van der Waals surface area contributed by atoms with Crippen LogP contribution in [0.3, 0.4) is 0 Å². The van der Waals surface area contributed by atoms with Gasteiger partial charge < -0.3 is 9.57 Å². The van der Waals surface area contributed by atoms with Crippen molar-refractivity contribution in [3.05, 3.63) is 71.3 Å². The lowest BCUT2D eigenvalue weighted by Gasteiger charge is -2.05. The first-order valence-electron chi connectivity index (χ1n) is 9.15. The summed E-state index contributed by atoms with van der Waals surface area (Å²) >= 11 is 0. The largest absolute Gasteiger partial charge is 0.497 e. The van der Waals surface area contributed by atoms with Gasteiger partial charge in [0, 0.05) is 23.5 Å². The molecule has 0 radical (unpaired) electrons. The zero-order valence-corrected chi connectivity index (χ0v) is 16.9. The molecule has 0 saturated heterocycles. The van der Waals surface area contributed by atoms with Gasteiger partial charge in [0.25, 0.3) is 0 Å². The van der Waals surface area contributed by atoms with Gasteiger partial charge in [0.1, 0.15) is 17.2 Å². The Hall–Kier alpha value is -3.72. The third kappa shape index (κ3) is 5.63. The molecule has 0 bridgehead atoms. The lowest BCUT2D eigenvalue weighted by Crippen LogP contribution is -2.00. The van der Waals surface area contributed by atoms with Gasteiger partial charge in [0.05, 0.1) is 24.2 Å². The minimum atomic E-state index is 0.158. The van der Waals surface area contributed by atoms with Gasteiger partial charge in [0.2, 0.25) is 0 Å². The van der Waals surface area contributed by atoms with Gasteiger partial charge in [-0.1, -0.05) is 23.2 Å². The number of oxime groups is 1. The summed E-state index contributed by atoms with van der Waals surface area (Å²) in [6.07, 6.45) is 0. The number of ether oxygens (including phenoxy) is 1. The minimum Gasteiger partial charge on any atom is -0.497 e. The highest BCUT2D eigenvalue weighted by molar-refractivity contribution is 5.96. The third-order valence-corrected chi connectivity index (χ3v) is 3.99. The molecule has 0 N–H and O–H groups in total. The predicted octanol–water partition coefficient (Wildman–Crippen LogP) is 3.96. The predicted molar refractivity (Wildman–Crippen MR) is 113 cm³/mol. The first kappa shape index (κ1) is 20.0. The van der Waals surface area contributed by atoms with Crippen LogP contribution in [0.4, 0.5) is 0 Å². The molecule has 6 nitrogen and oxygen atoms in total. The summed E-state index contributed by atoms with van der Waals surface area (Å²) in [7, 11) is 1.63. The molecule has 0 aliphatic carbocycles. The molecule has 3 heterocycles. The number of pyridine rings is 3. The fourth-order valence-electron chi connectivity index (χ4n) is 2.61. The Morgan fingerprint density at radius 2 is 1.79 bits per heavy atom. The average Bonchev–Trinajstić information content (AvgIpc) is 2.73. The van der Waals surface area contributed by atoms with E-state index in [1.165, 1.54) is 0 Å². The standard InChI is InChI=1S/C23H22N4O2/c1-16-8-5-11-21(24-16)18(3)27-29-13-7-10-19-9-6-12-22(26-19)23-15-20(28-4)14-17(2)25-23/h5-6,8-9,11-12,14-15H,13H2,1-4H3/b27-18-. The summed E-state index contributed by atoms with van der Waals surface area (Å²) in [5.74, 6) is 6.66. The van der Waals surface area contributed by atoms with E-state index in [0.29, 0.717) is 11.4 Å². The van der Waals surface area contributed by atoms with Crippen molar-refractivity contribution in [1.29, 1.82) is 0 Å². The molecular formula is C23H22N4O2. The summed E-state index contributed by atoms with van der Waals surface area (Å²) in [6.45, 7) is 5.86. The molecule has 6 heteroatoms. The fourth-order valence-corrected chi connectivity index (χ4v) is 2.61. The Labute approximate surface area is 170 Å². The van der Waals surface area contributed by atoms with Crippen LogP contribution < -0.4 is 4.74 Å². The van der Waals surface area contributed by atoms with Crippen LogP contribution in [0.1, 0.15) is 29.7 Å². The van der Waals surface area contributed by atoms with Gasteiger partial charge in [-0.25, -0.2) is 4.98 Å². The van der Waals surface area contributed by atoms with Crippen molar-refractivity contribution in [1.82, 2.24) is 15.0 Å². The van der Waals surface area contributed by atoms with E-state index in [4.69, 9.17) is 9.57 Å². The maximum atomic E-state index is 5.31. The van der Waals surface area contributed by atoms with Gasteiger partial charge in [-0.2, -0.15) is 0 Å². The molecule has 0 atom stereocenters. The molecule has 0 aliphatic heterocycles. The van der Waals surface area contributed by atoms with Crippen molar-refractivity contribution in [2.75, 3.05) is 13.7 Å². The number of aromatic nitrogens is 3. The lowest BCUT2D eigenvalue weighted by molar-refractivity contribution is 0.179. The van der Waals surface area contributed by atoms with E-state index in [0.717, 1.165) is 34.2 Å². The summed E-state index contributed by atoms with van der Waals surface area (Å²) in [6, 6.07) is 15.1. The molecule has 3 aromatic rings. The Bertz CT molecular complexity index is 1100. The first-order chi connectivity index (χ1) is 14.0. The van der Waals surface area contributed by atoms with E-state index >= 15 is 0 Å². The Morgan fingerprint density at radius 1 is 0.966 bits per heavy atom. The molecule has 0 saturated carbocycles. The summed E-state index contributed by atoms with van der Waals surface area (Å²) in [4.78, 5) is 18.8. The van der Waals surface area contributed by atoms with Crippen LogP contribution in [0.5, 0.6) is 5.75 Å². The highest BCUT2D eigenvalue weighted by Gasteiger charge is 2.05. The number of rotatable bonds is 5. The third-order valence-electron chi connectivity index (χ3n) is 3.99. The van der Waals surface area contributed by atoms with E-state index < -0.39 is 0 Å². The van der Waals surface area contributed by atoms with Crippen LogP contribution in [-0.4, -0.2) is 34.4 Å². The van der Waals surface area contributed by atoms with E-state index in [2.05, 4.69) is 31.9 Å². The van der Waals surface area contributed by atoms with Gasteiger partial charge in [0.15, 0.2) is 6.61 Å². The molecule has 0 aromatic carbocycles. The highest BCUT2D eigenvalue weighted by Crippen LogP contribution is 2.21. The molecule has 3 aromatic heterocycles. The van der Waals surface area contributed by atoms with E-state index in [1.54, 1.807) is 7.11 Å². The monoisotopic (exact) mass is 386 g/mol. The van der Waals surface area contributed by atoms with Gasteiger partial charge in [-0.15, -0.1) is 0 Å². The number of methoxy groups -OCH3 is 1. The molecule has 146 valence electrons. The normalized spacial score (nSPS) is 10.8. The Kier molecular flexibility index (Phi) is 6.54. The quantitative estimate of drug-likeness (QED) is 0.287. The van der Waals surface area contributed by atoms with Crippen LogP contribution in [0.25, 0.3) is 11.4 Å². The van der Waals surface area contributed by atoms with Crippen molar-refractivity contribution < 1.29 is 9.57 Å². The zero-order chi connectivity index (χ0) is 20.6. The van der Waals surface area contributed by atoms with Crippen LogP contribution in [0.2, 0.25) is 0 Å². The van der Waals surface area contributed by atoms with Gasteiger partial charge >= 0.3 is 0 Å². The second kappa shape index (κ2) is 9.47. The number of nitrogens with zero attached hydrogens (tertiary/aromatic N) is 4. The summed E-state index contributed by atoms with van der Waals surface area (Å²) in [5.41, 5.74) is 5.40. The second-order valence-corrected chi connectivity index (χ2v) is 6.36. The summed E-state index contributed by atoms with van der Waals surface area (Å²) < 4.78 is 5.31. The van der Waals surface area contributed by atoms with Crippen molar-refractivity contribution in [2.24, 2.45) is 5.16 Å². The average molecular weight is 386 g/mol. The SMILES string of the molecule is COc1cc(C)nc(-c2cccc(C#CCO/N=C(/C)c3cccc(C)n3)n2)c1. The minimum absolute atomic E-state index is 0.158. The molecule has 0 spiro atoms. The van der Waals surface area contributed by atoms with Crippen molar-refractivity contribution in [3.8, 4) is 29.0 Å². The number of hydrogen-bond donors (Lipinski definition) is 0. The second-order valence-electron chi connectivity index (χ2n) is 6.36. The van der Waals surface area contributed by atoms with Crippen LogP contribution in [0.15, 0.2) is 53.7 Å². The van der Waals surface area contributed by atoms with E-state index in [1.807, 2.05) is 69.3 Å². The molecular weight excluding hydrogens is 364 g/mol. The van der Waals surface area contributed by atoms with Crippen molar-refractivity contribution in [2.45, 2.75) is 20.8 Å². The first-order valence-corrected chi connectivity index (χ1v) is 9.15.